The van der Waals surface area contributed by atoms with Crippen molar-refractivity contribution in [1.82, 2.24) is 9.97 Å². The number of halogens is 2. The Bertz CT molecular complexity index is 1170. The van der Waals surface area contributed by atoms with Crippen LogP contribution in [0.15, 0.2) is 66.7 Å². The van der Waals surface area contributed by atoms with E-state index in [1.54, 1.807) is 30.3 Å². The predicted molar refractivity (Wildman–Crippen MR) is 112 cm³/mol. The molecule has 0 unspecified atom stereocenters. The van der Waals surface area contributed by atoms with Crippen molar-refractivity contribution >= 4 is 40.2 Å². The fourth-order valence-corrected chi connectivity index (χ4v) is 3.17. The third-order valence-electron chi connectivity index (χ3n) is 4.32. The van der Waals surface area contributed by atoms with E-state index in [1.165, 1.54) is 7.11 Å². The molecule has 1 aromatic heterocycles. The van der Waals surface area contributed by atoms with Gasteiger partial charge in [0, 0.05) is 21.2 Å². The lowest BCUT2D eigenvalue weighted by atomic mass is 10.0. The van der Waals surface area contributed by atoms with Gasteiger partial charge in [-0.15, -0.1) is 0 Å². The molecule has 6 heteroatoms. The van der Waals surface area contributed by atoms with E-state index < -0.39 is 5.97 Å². The van der Waals surface area contributed by atoms with Crippen LogP contribution in [0.3, 0.4) is 0 Å². The van der Waals surface area contributed by atoms with Gasteiger partial charge in [0.2, 0.25) is 0 Å². The summed E-state index contributed by atoms with van der Waals surface area (Å²) in [6.45, 7) is 0. The summed E-state index contributed by atoms with van der Waals surface area (Å²) in [5.41, 5.74) is 4.87. The van der Waals surface area contributed by atoms with Gasteiger partial charge in [-0.2, -0.15) is 0 Å². The molecule has 0 spiro atoms. The van der Waals surface area contributed by atoms with Crippen LogP contribution in [0, 0.1) is 0 Å². The van der Waals surface area contributed by atoms with Gasteiger partial charge in [-0.25, -0.2) is 14.8 Å². The monoisotopic (exact) mass is 408 g/mol. The quantitative estimate of drug-likeness (QED) is 0.386. The molecule has 0 fully saturated rings. The zero-order valence-corrected chi connectivity index (χ0v) is 16.3. The highest BCUT2D eigenvalue weighted by Crippen LogP contribution is 2.32. The Hall–Kier alpha value is -2.95. The number of esters is 1. The highest BCUT2D eigenvalue weighted by Gasteiger charge is 2.15. The van der Waals surface area contributed by atoms with Gasteiger partial charge < -0.3 is 4.74 Å². The summed E-state index contributed by atoms with van der Waals surface area (Å²) in [4.78, 5) is 21.5. The second kappa shape index (κ2) is 7.58. The number of hydrogen-bond donors (Lipinski definition) is 0. The fraction of sp³-hybridized carbons (Fsp3) is 0.0455. The average molecular weight is 409 g/mol. The first-order valence-electron chi connectivity index (χ1n) is 8.47. The molecule has 0 saturated carbocycles. The van der Waals surface area contributed by atoms with E-state index in [0.717, 1.165) is 16.8 Å². The van der Waals surface area contributed by atoms with Gasteiger partial charge in [-0.3, -0.25) is 0 Å². The van der Waals surface area contributed by atoms with E-state index in [9.17, 15) is 4.79 Å². The Morgan fingerprint density at radius 1 is 0.750 bits per heavy atom. The smallest absolute Gasteiger partial charge is 0.337 e. The third-order valence-corrected chi connectivity index (χ3v) is 4.82. The summed E-state index contributed by atoms with van der Waals surface area (Å²) in [7, 11) is 1.35. The van der Waals surface area contributed by atoms with Crippen molar-refractivity contribution in [3.63, 3.8) is 0 Å². The maximum atomic E-state index is 11.9. The van der Waals surface area contributed by atoms with Crippen LogP contribution in [0.2, 0.25) is 10.0 Å². The number of methoxy groups -OCH3 is 1. The van der Waals surface area contributed by atoms with E-state index in [-0.39, 0.29) is 0 Å². The fourth-order valence-electron chi connectivity index (χ4n) is 2.92. The number of ether oxygens (including phenoxy) is 1. The summed E-state index contributed by atoms with van der Waals surface area (Å²) in [5.74, 6) is -0.418. The highest BCUT2D eigenvalue weighted by molar-refractivity contribution is 6.31. The molecule has 0 aliphatic rings. The molecule has 0 aliphatic carbocycles. The Kier molecular flexibility index (Phi) is 4.99. The number of fused-ring (bicyclic) bond motifs is 1. The van der Waals surface area contributed by atoms with E-state index >= 15 is 0 Å². The van der Waals surface area contributed by atoms with Crippen molar-refractivity contribution in [2.45, 2.75) is 0 Å². The molecule has 138 valence electrons. The van der Waals surface area contributed by atoms with Crippen molar-refractivity contribution in [2.75, 3.05) is 7.11 Å². The molecule has 4 rings (SSSR count). The topological polar surface area (TPSA) is 52.1 Å². The van der Waals surface area contributed by atoms with Crippen molar-refractivity contribution in [2.24, 2.45) is 0 Å². The summed E-state index contributed by atoms with van der Waals surface area (Å²) in [6, 6.07) is 19.9. The number of carbonyl (C=O) groups is 1. The minimum atomic E-state index is -0.418. The lowest BCUT2D eigenvalue weighted by molar-refractivity contribution is 0.0601. The summed E-state index contributed by atoms with van der Waals surface area (Å²) >= 11 is 12.1. The molecule has 0 amide bonds. The lowest BCUT2D eigenvalue weighted by Crippen LogP contribution is -2.02. The molecule has 4 aromatic rings. The van der Waals surface area contributed by atoms with Gasteiger partial charge in [0.15, 0.2) is 0 Å². The Balaban J connectivity index is 1.97. The number of aromatic nitrogens is 2. The van der Waals surface area contributed by atoms with Crippen LogP contribution in [-0.2, 0) is 4.74 Å². The molecule has 4 nitrogen and oxygen atoms in total. The SMILES string of the molecule is COC(=O)c1ccc2nc(-c3ccc(Cl)cc3)c(-c3ccc(Cl)cc3)nc2c1. The van der Waals surface area contributed by atoms with Crippen molar-refractivity contribution in [3.05, 3.63) is 82.3 Å². The molecule has 0 atom stereocenters. The van der Waals surface area contributed by atoms with Crippen LogP contribution in [-0.4, -0.2) is 23.0 Å². The maximum Gasteiger partial charge on any atom is 0.337 e. The second-order valence-corrected chi connectivity index (χ2v) is 7.00. The van der Waals surface area contributed by atoms with Crippen LogP contribution in [0.5, 0.6) is 0 Å². The van der Waals surface area contributed by atoms with E-state index in [0.29, 0.717) is 32.3 Å². The van der Waals surface area contributed by atoms with Crippen molar-refractivity contribution < 1.29 is 9.53 Å². The van der Waals surface area contributed by atoms with Gasteiger partial charge in [0.25, 0.3) is 0 Å². The first-order chi connectivity index (χ1) is 13.5. The highest BCUT2D eigenvalue weighted by atomic mass is 35.5. The minimum absolute atomic E-state index is 0.418. The zero-order chi connectivity index (χ0) is 19.7. The van der Waals surface area contributed by atoms with Crippen LogP contribution in [0.1, 0.15) is 10.4 Å². The van der Waals surface area contributed by atoms with Gasteiger partial charge >= 0.3 is 5.97 Å². The molecule has 3 aromatic carbocycles. The van der Waals surface area contributed by atoms with E-state index in [1.807, 2.05) is 36.4 Å². The molecule has 1 heterocycles. The number of benzene rings is 3. The summed E-state index contributed by atoms with van der Waals surface area (Å²) < 4.78 is 4.80. The Labute approximate surface area is 171 Å². The van der Waals surface area contributed by atoms with Crippen molar-refractivity contribution in [1.29, 1.82) is 0 Å². The van der Waals surface area contributed by atoms with Crippen LogP contribution < -0.4 is 0 Å². The molecule has 28 heavy (non-hydrogen) atoms. The first kappa shape index (κ1) is 18.4. The van der Waals surface area contributed by atoms with E-state index in [2.05, 4.69) is 0 Å². The molecule has 0 N–H and O–H groups in total. The van der Waals surface area contributed by atoms with Crippen LogP contribution >= 0.6 is 23.2 Å². The molecular weight excluding hydrogens is 395 g/mol. The molecule has 0 aliphatic heterocycles. The number of hydrogen-bond acceptors (Lipinski definition) is 4. The standard InChI is InChI=1S/C22H14Cl2N2O2/c1-28-22(27)15-6-11-18-19(12-15)26-21(14-4-9-17(24)10-5-14)20(25-18)13-2-7-16(23)8-3-13/h2-12H,1H3. The average Bonchev–Trinajstić information content (AvgIpc) is 2.73. The summed E-state index contributed by atoms with van der Waals surface area (Å²) in [5, 5.41) is 1.28. The van der Waals surface area contributed by atoms with Crippen LogP contribution in [0.4, 0.5) is 0 Å². The van der Waals surface area contributed by atoms with E-state index in [4.69, 9.17) is 37.9 Å². The largest absolute Gasteiger partial charge is 0.465 e. The third kappa shape index (κ3) is 3.57. The maximum absolute atomic E-state index is 11.9. The van der Waals surface area contributed by atoms with Crippen LogP contribution in [0.25, 0.3) is 33.5 Å². The van der Waals surface area contributed by atoms with Crippen molar-refractivity contribution in [3.8, 4) is 22.5 Å². The molecule has 0 bridgehead atoms. The number of carbonyl (C=O) groups excluding carboxylic acids is 1. The molecule has 0 saturated heterocycles. The normalized spacial score (nSPS) is 10.8. The zero-order valence-electron chi connectivity index (χ0n) is 14.8. The summed E-state index contributed by atoms with van der Waals surface area (Å²) in [6.07, 6.45) is 0. The Morgan fingerprint density at radius 2 is 1.25 bits per heavy atom. The molecule has 0 radical (unpaired) electrons. The molecular formula is C22H14Cl2N2O2. The van der Waals surface area contributed by atoms with Gasteiger partial charge in [0.1, 0.15) is 0 Å². The number of nitrogens with zero attached hydrogens (tertiary/aromatic N) is 2. The first-order valence-corrected chi connectivity index (χ1v) is 9.23. The Morgan fingerprint density at radius 3 is 1.75 bits per heavy atom. The predicted octanol–water partition coefficient (Wildman–Crippen LogP) is 6.06. The lowest BCUT2D eigenvalue weighted by Gasteiger charge is -2.11. The van der Waals surface area contributed by atoms with Gasteiger partial charge in [0.05, 0.1) is 35.1 Å². The van der Waals surface area contributed by atoms with Gasteiger partial charge in [-0.1, -0.05) is 47.5 Å². The van der Waals surface area contributed by atoms with Gasteiger partial charge in [-0.05, 0) is 42.5 Å². The minimum Gasteiger partial charge on any atom is -0.465 e. The second-order valence-electron chi connectivity index (χ2n) is 6.13. The number of rotatable bonds is 3.